The molecule has 2 aromatic heterocycles. The SMILES string of the molecule is Cc1cc(-c2c(O)ccc3[nH]c(=O)c4sccc4c23)ccc1O. The first kappa shape index (κ1) is 13.8. The quantitative estimate of drug-likeness (QED) is 0.493. The number of H-pyrrole nitrogens is 1. The van der Waals surface area contributed by atoms with Crippen molar-refractivity contribution in [3.63, 3.8) is 0 Å². The van der Waals surface area contributed by atoms with Crippen molar-refractivity contribution < 1.29 is 10.2 Å². The fraction of sp³-hybridized carbons (Fsp3) is 0.0556. The molecule has 0 aliphatic heterocycles. The van der Waals surface area contributed by atoms with Crippen LogP contribution in [0.3, 0.4) is 0 Å². The topological polar surface area (TPSA) is 73.3 Å². The van der Waals surface area contributed by atoms with Crippen molar-refractivity contribution in [3.05, 3.63) is 57.7 Å². The molecule has 0 bridgehead atoms. The molecule has 0 aliphatic rings. The van der Waals surface area contributed by atoms with E-state index in [1.807, 2.05) is 24.4 Å². The number of benzene rings is 2. The van der Waals surface area contributed by atoms with Crippen LogP contribution in [0.5, 0.6) is 11.5 Å². The monoisotopic (exact) mass is 323 g/mol. The second kappa shape index (κ2) is 4.86. The molecular weight excluding hydrogens is 310 g/mol. The minimum absolute atomic E-state index is 0.124. The van der Waals surface area contributed by atoms with E-state index >= 15 is 0 Å². The summed E-state index contributed by atoms with van der Waals surface area (Å²) in [7, 11) is 0. The summed E-state index contributed by atoms with van der Waals surface area (Å²) in [5.74, 6) is 0.352. The van der Waals surface area contributed by atoms with Crippen molar-refractivity contribution in [2.75, 3.05) is 0 Å². The van der Waals surface area contributed by atoms with Crippen molar-refractivity contribution >= 4 is 32.3 Å². The number of aromatic nitrogens is 1. The fourth-order valence-corrected chi connectivity index (χ4v) is 3.74. The molecule has 2 aromatic carbocycles. The van der Waals surface area contributed by atoms with E-state index in [0.717, 1.165) is 21.9 Å². The number of phenolic OH excluding ortho intramolecular Hbond substituents is 2. The normalized spacial score (nSPS) is 11.3. The van der Waals surface area contributed by atoms with Gasteiger partial charge in [0, 0.05) is 21.9 Å². The molecule has 5 heteroatoms. The summed E-state index contributed by atoms with van der Waals surface area (Å²) in [6, 6.07) is 10.4. The molecule has 0 saturated heterocycles. The Morgan fingerprint density at radius 3 is 2.61 bits per heavy atom. The number of fused-ring (bicyclic) bond motifs is 3. The molecule has 4 nitrogen and oxygen atoms in total. The first-order valence-corrected chi connectivity index (χ1v) is 7.99. The number of aromatic amines is 1. The molecule has 23 heavy (non-hydrogen) atoms. The summed E-state index contributed by atoms with van der Waals surface area (Å²) in [5.41, 5.74) is 2.73. The Hall–Kier alpha value is -2.79. The Morgan fingerprint density at radius 1 is 1.04 bits per heavy atom. The number of aryl methyl sites for hydroxylation is 1. The maximum Gasteiger partial charge on any atom is 0.266 e. The molecule has 0 fully saturated rings. The van der Waals surface area contributed by atoms with Crippen LogP contribution in [0.25, 0.3) is 32.1 Å². The van der Waals surface area contributed by atoms with Crippen LogP contribution in [0.2, 0.25) is 0 Å². The molecule has 2 heterocycles. The van der Waals surface area contributed by atoms with Crippen LogP contribution < -0.4 is 5.56 Å². The average molecular weight is 323 g/mol. The summed E-state index contributed by atoms with van der Waals surface area (Å²) in [6.45, 7) is 1.81. The largest absolute Gasteiger partial charge is 0.508 e. The Bertz CT molecular complexity index is 1120. The number of thiophene rings is 1. The molecule has 4 aromatic rings. The smallest absolute Gasteiger partial charge is 0.266 e. The van der Waals surface area contributed by atoms with Gasteiger partial charge in [-0.2, -0.15) is 0 Å². The third-order valence-corrected chi connectivity index (χ3v) is 4.97. The zero-order valence-corrected chi connectivity index (χ0v) is 13.1. The van der Waals surface area contributed by atoms with Crippen molar-refractivity contribution in [3.8, 4) is 22.6 Å². The number of hydrogen-bond acceptors (Lipinski definition) is 4. The zero-order chi connectivity index (χ0) is 16.1. The highest BCUT2D eigenvalue weighted by atomic mass is 32.1. The molecule has 0 unspecified atom stereocenters. The van der Waals surface area contributed by atoms with Gasteiger partial charge >= 0.3 is 0 Å². The van der Waals surface area contributed by atoms with Crippen LogP contribution in [-0.2, 0) is 0 Å². The minimum atomic E-state index is -0.124. The zero-order valence-electron chi connectivity index (χ0n) is 12.3. The van der Waals surface area contributed by atoms with E-state index in [4.69, 9.17) is 0 Å². The highest BCUT2D eigenvalue weighted by Crippen LogP contribution is 2.40. The number of nitrogens with one attached hydrogen (secondary N) is 1. The van der Waals surface area contributed by atoms with E-state index in [1.54, 1.807) is 24.3 Å². The van der Waals surface area contributed by atoms with Gasteiger partial charge in [-0.25, -0.2) is 0 Å². The molecule has 0 radical (unpaired) electrons. The van der Waals surface area contributed by atoms with Gasteiger partial charge in [-0.15, -0.1) is 11.3 Å². The van der Waals surface area contributed by atoms with Crippen molar-refractivity contribution in [2.24, 2.45) is 0 Å². The third kappa shape index (κ3) is 2.01. The summed E-state index contributed by atoms with van der Waals surface area (Å²) in [6.07, 6.45) is 0. The van der Waals surface area contributed by atoms with Gasteiger partial charge in [-0.3, -0.25) is 4.79 Å². The Morgan fingerprint density at radius 2 is 1.83 bits per heavy atom. The molecule has 0 spiro atoms. The van der Waals surface area contributed by atoms with Gasteiger partial charge in [0.15, 0.2) is 0 Å². The Labute approximate surface area is 135 Å². The standard InChI is InChI=1S/C18H13NO3S/c1-9-8-10(2-4-13(9)20)15-14(21)5-3-12-16(15)11-6-7-23-17(11)18(22)19-12/h2-8,20-21H,1H3,(H,19,22). The van der Waals surface area contributed by atoms with Crippen LogP contribution in [0.1, 0.15) is 5.56 Å². The molecule has 0 saturated carbocycles. The second-order valence-electron chi connectivity index (χ2n) is 5.50. The van der Waals surface area contributed by atoms with Crippen LogP contribution in [-0.4, -0.2) is 15.2 Å². The van der Waals surface area contributed by atoms with Gasteiger partial charge in [0.05, 0.1) is 0 Å². The lowest BCUT2D eigenvalue weighted by Crippen LogP contribution is -2.04. The van der Waals surface area contributed by atoms with Gasteiger partial charge in [-0.1, -0.05) is 6.07 Å². The van der Waals surface area contributed by atoms with Crippen LogP contribution >= 0.6 is 11.3 Å². The lowest BCUT2D eigenvalue weighted by atomic mass is 9.96. The van der Waals surface area contributed by atoms with Crippen LogP contribution in [0.4, 0.5) is 0 Å². The maximum atomic E-state index is 12.1. The number of phenols is 2. The lowest BCUT2D eigenvalue weighted by molar-refractivity contribution is 0.470. The van der Waals surface area contributed by atoms with Gasteiger partial charge in [-0.05, 0) is 53.8 Å². The molecule has 0 aliphatic carbocycles. The first-order chi connectivity index (χ1) is 11.1. The predicted octanol–water partition coefficient (Wildman–Crippen LogP) is 4.13. The number of aromatic hydroxyl groups is 2. The molecule has 114 valence electrons. The van der Waals surface area contributed by atoms with Crippen molar-refractivity contribution in [2.45, 2.75) is 6.92 Å². The maximum absolute atomic E-state index is 12.1. The molecule has 3 N–H and O–H groups in total. The molecular formula is C18H13NO3S. The highest BCUT2D eigenvalue weighted by Gasteiger charge is 2.15. The second-order valence-corrected chi connectivity index (χ2v) is 6.42. The van der Waals surface area contributed by atoms with E-state index < -0.39 is 0 Å². The highest BCUT2D eigenvalue weighted by molar-refractivity contribution is 7.17. The van der Waals surface area contributed by atoms with E-state index in [-0.39, 0.29) is 17.1 Å². The lowest BCUT2D eigenvalue weighted by Gasteiger charge is -2.12. The van der Waals surface area contributed by atoms with Gasteiger partial charge in [0.2, 0.25) is 0 Å². The first-order valence-electron chi connectivity index (χ1n) is 7.11. The predicted molar refractivity (Wildman–Crippen MR) is 93.5 cm³/mol. The van der Waals surface area contributed by atoms with Crippen LogP contribution in [0, 0.1) is 6.92 Å². The number of pyridine rings is 1. The summed E-state index contributed by atoms with van der Waals surface area (Å²) in [5, 5.41) is 23.7. The number of hydrogen-bond donors (Lipinski definition) is 3. The van der Waals surface area contributed by atoms with E-state index in [0.29, 0.717) is 15.8 Å². The molecule has 0 atom stereocenters. The van der Waals surface area contributed by atoms with Crippen molar-refractivity contribution in [1.82, 2.24) is 4.98 Å². The van der Waals surface area contributed by atoms with Gasteiger partial charge < -0.3 is 15.2 Å². The average Bonchev–Trinajstić information content (AvgIpc) is 3.01. The molecule has 4 rings (SSSR count). The minimum Gasteiger partial charge on any atom is -0.508 e. The van der Waals surface area contributed by atoms with Crippen LogP contribution in [0.15, 0.2) is 46.6 Å². The fourth-order valence-electron chi connectivity index (χ4n) is 2.94. The summed E-state index contributed by atoms with van der Waals surface area (Å²) < 4.78 is 0.639. The van der Waals surface area contributed by atoms with Gasteiger partial charge in [0.1, 0.15) is 16.2 Å². The third-order valence-electron chi connectivity index (χ3n) is 4.06. The van der Waals surface area contributed by atoms with Crippen molar-refractivity contribution in [1.29, 1.82) is 0 Å². The van der Waals surface area contributed by atoms with E-state index in [1.165, 1.54) is 11.3 Å². The molecule has 0 amide bonds. The summed E-state index contributed by atoms with van der Waals surface area (Å²) in [4.78, 5) is 15.0. The van der Waals surface area contributed by atoms with E-state index in [2.05, 4.69) is 4.98 Å². The summed E-state index contributed by atoms with van der Waals surface area (Å²) >= 11 is 1.38. The number of rotatable bonds is 1. The van der Waals surface area contributed by atoms with Gasteiger partial charge in [0.25, 0.3) is 5.56 Å². The Kier molecular flexibility index (Phi) is 2.92. The van der Waals surface area contributed by atoms with E-state index in [9.17, 15) is 15.0 Å². The Balaban J connectivity index is 2.21.